The maximum absolute atomic E-state index is 10.3. The molecule has 47 heavy (non-hydrogen) atoms. The molecular formula is C41H70O4Si2. The van der Waals surface area contributed by atoms with Gasteiger partial charge in [-0.1, -0.05) is 79.7 Å². The fraction of sp³-hybridized carbons (Fsp3) is 0.756. The van der Waals surface area contributed by atoms with Gasteiger partial charge in [0.15, 0.2) is 16.6 Å². The van der Waals surface area contributed by atoms with Crippen LogP contribution >= 0.6 is 0 Å². The van der Waals surface area contributed by atoms with E-state index in [1.165, 1.54) is 61.4 Å². The third-order valence-electron chi connectivity index (χ3n) is 13.3. The monoisotopic (exact) mass is 682 g/mol. The summed E-state index contributed by atoms with van der Waals surface area (Å²) >= 11 is 0. The van der Waals surface area contributed by atoms with Crippen molar-refractivity contribution in [3.63, 3.8) is 0 Å². The molecule has 1 aromatic heterocycles. The highest BCUT2D eigenvalue weighted by molar-refractivity contribution is 6.74. The number of hydrogen-bond donors (Lipinski definition) is 1. The second kappa shape index (κ2) is 15.8. The molecule has 3 saturated carbocycles. The van der Waals surface area contributed by atoms with Gasteiger partial charge >= 0.3 is 0 Å². The van der Waals surface area contributed by atoms with Crippen molar-refractivity contribution in [2.24, 2.45) is 17.3 Å². The lowest BCUT2D eigenvalue weighted by molar-refractivity contribution is 0.0737. The van der Waals surface area contributed by atoms with Gasteiger partial charge < -0.3 is 18.4 Å². The van der Waals surface area contributed by atoms with E-state index in [9.17, 15) is 5.11 Å². The maximum atomic E-state index is 10.3. The van der Waals surface area contributed by atoms with Crippen LogP contribution in [-0.4, -0.2) is 39.6 Å². The van der Waals surface area contributed by atoms with Crippen LogP contribution in [0.2, 0.25) is 36.3 Å². The second-order valence-electron chi connectivity index (χ2n) is 16.4. The van der Waals surface area contributed by atoms with Crippen LogP contribution in [0.3, 0.4) is 0 Å². The molecule has 3 aliphatic rings. The summed E-state index contributed by atoms with van der Waals surface area (Å²) in [6.45, 7) is 27.4. The normalized spacial score (nSPS) is 29.9. The van der Waals surface area contributed by atoms with Crippen molar-refractivity contribution in [3.8, 4) is 0 Å². The van der Waals surface area contributed by atoms with Crippen LogP contribution in [0, 0.1) is 17.3 Å². The molecule has 0 bridgehead atoms. The van der Waals surface area contributed by atoms with Crippen molar-refractivity contribution in [1.82, 2.24) is 0 Å². The minimum absolute atomic E-state index is 0.0742. The maximum Gasteiger partial charge on any atom is 0.192 e. The molecule has 1 N–H and O–H groups in total. The smallest absolute Gasteiger partial charge is 0.192 e. The number of hydrogen-bond acceptors (Lipinski definition) is 4. The molecule has 6 atom stereocenters. The van der Waals surface area contributed by atoms with Crippen LogP contribution in [0.25, 0.3) is 0 Å². The molecular weight excluding hydrogens is 613 g/mol. The Morgan fingerprint density at radius 2 is 1.60 bits per heavy atom. The molecule has 3 aliphatic carbocycles. The quantitative estimate of drug-likeness (QED) is 0.187. The average molecular weight is 683 g/mol. The summed E-state index contributed by atoms with van der Waals surface area (Å²) in [6, 6.07) is 11.3. The van der Waals surface area contributed by atoms with Gasteiger partial charge in [0.2, 0.25) is 0 Å². The fourth-order valence-electron chi connectivity index (χ4n) is 9.75. The Hall–Kier alpha value is -1.19. The Morgan fingerprint density at radius 1 is 0.979 bits per heavy atom. The van der Waals surface area contributed by atoms with Gasteiger partial charge in [0.1, 0.15) is 11.5 Å². The summed E-state index contributed by atoms with van der Waals surface area (Å²) < 4.78 is 20.7. The molecule has 0 amide bonds. The number of aliphatic hydroxyl groups is 1. The minimum Gasteiger partial charge on any atom is -0.466 e. The van der Waals surface area contributed by atoms with Crippen molar-refractivity contribution in [2.45, 2.75) is 181 Å². The minimum atomic E-state index is -1.80. The Balaban J connectivity index is 1.59. The SMILES string of the molecule is C=C1/C(=C\C=C2/CCC[C@]3(C)[C@@H]([C@H](C)c4ccc(CC(C)(C)O)o4)CC[C@@H]23)C[C@@H](O[Si](CC)(CC)CC)C[C@@H]1O[Si](CC)(CC)CC. The molecule has 6 heteroatoms. The summed E-state index contributed by atoms with van der Waals surface area (Å²) in [5, 5.41) is 10.3. The molecule has 4 rings (SSSR count). The molecule has 0 aliphatic heterocycles. The first-order chi connectivity index (χ1) is 22.2. The van der Waals surface area contributed by atoms with Gasteiger partial charge in [0.05, 0.1) is 17.8 Å². The van der Waals surface area contributed by atoms with Crippen molar-refractivity contribution in [2.75, 3.05) is 0 Å². The van der Waals surface area contributed by atoms with E-state index in [-0.39, 0.29) is 17.6 Å². The van der Waals surface area contributed by atoms with E-state index in [0.717, 1.165) is 42.5 Å². The van der Waals surface area contributed by atoms with Crippen LogP contribution in [0.1, 0.15) is 132 Å². The summed E-state index contributed by atoms with van der Waals surface area (Å²) in [4.78, 5) is 0. The third-order valence-corrected chi connectivity index (χ3v) is 22.6. The van der Waals surface area contributed by atoms with Crippen LogP contribution < -0.4 is 0 Å². The number of allylic oxidation sites excluding steroid dienone is 3. The molecule has 0 radical (unpaired) electrons. The molecule has 0 aromatic carbocycles. The molecule has 4 nitrogen and oxygen atoms in total. The molecule has 266 valence electrons. The lowest BCUT2D eigenvalue weighted by Crippen LogP contribution is -2.46. The Morgan fingerprint density at radius 3 is 2.19 bits per heavy atom. The number of rotatable bonds is 15. The Kier molecular flexibility index (Phi) is 13.0. The highest BCUT2D eigenvalue weighted by Crippen LogP contribution is 2.61. The molecule has 1 heterocycles. The van der Waals surface area contributed by atoms with E-state index in [4.69, 9.17) is 19.8 Å². The topological polar surface area (TPSA) is 51.8 Å². The summed E-state index contributed by atoms with van der Waals surface area (Å²) in [5.74, 6) is 3.55. The van der Waals surface area contributed by atoms with Crippen LogP contribution in [0.15, 0.2) is 52.0 Å². The lowest BCUT2D eigenvalue weighted by atomic mass is 9.61. The zero-order valence-corrected chi connectivity index (χ0v) is 34.0. The van der Waals surface area contributed by atoms with E-state index in [0.29, 0.717) is 24.2 Å². The van der Waals surface area contributed by atoms with E-state index >= 15 is 0 Å². The van der Waals surface area contributed by atoms with E-state index in [2.05, 4.69) is 79.7 Å². The zero-order chi connectivity index (χ0) is 34.6. The van der Waals surface area contributed by atoms with Gasteiger partial charge in [-0.3, -0.25) is 0 Å². The standard InChI is InChI=1S/C41H70O4Si2/c1-12-46(13-2,14-3)44-35-27-33(30(7)39(28-35)45-47(15-4,16-5)17-6)21-20-32-19-18-26-41(11)36(23-24-37(32)41)31(8)38-25-22-34(43-38)29-40(9,10)42/h20-22,25,31,35-37,39,42H,7,12-19,23-24,26-29H2,1-6,8-11H3/b32-20+,33-21-/t31-,35+,36+,37-,39-,41+/m0/s1. The largest absolute Gasteiger partial charge is 0.466 e. The number of fused-ring (bicyclic) bond motifs is 1. The summed E-state index contributed by atoms with van der Waals surface area (Å²) in [7, 11) is -3.54. The highest BCUT2D eigenvalue weighted by Gasteiger charge is 2.51. The molecule has 1 aromatic rings. The molecule has 0 saturated heterocycles. The van der Waals surface area contributed by atoms with Gasteiger partial charge in [0, 0.05) is 18.8 Å². The van der Waals surface area contributed by atoms with Gasteiger partial charge in [-0.25, -0.2) is 0 Å². The lowest BCUT2D eigenvalue weighted by Gasteiger charge is -2.44. The zero-order valence-electron chi connectivity index (χ0n) is 32.0. The van der Waals surface area contributed by atoms with Crippen molar-refractivity contribution in [3.05, 3.63) is 59.1 Å². The first-order valence-electron chi connectivity index (χ1n) is 19.5. The predicted octanol–water partition coefficient (Wildman–Crippen LogP) is 11.9. The Labute approximate surface area is 291 Å². The highest BCUT2D eigenvalue weighted by atomic mass is 28.4. The number of furan rings is 1. The third kappa shape index (κ3) is 8.59. The fourth-order valence-corrected chi connectivity index (χ4v) is 15.5. The van der Waals surface area contributed by atoms with E-state index < -0.39 is 22.2 Å². The van der Waals surface area contributed by atoms with Crippen molar-refractivity contribution in [1.29, 1.82) is 0 Å². The van der Waals surface area contributed by atoms with Crippen molar-refractivity contribution < 1.29 is 18.4 Å². The molecule has 3 fully saturated rings. The van der Waals surface area contributed by atoms with Gasteiger partial charge in [-0.2, -0.15) is 0 Å². The van der Waals surface area contributed by atoms with Crippen LogP contribution in [0.5, 0.6) is 0 Å². The van der Waals surface area contributed by atoms with Crippen molar-refractivity contribution >= 4 is 16.6 Å². The molecule has 0 spiro atoms. The predicted molar refractivity (Wildman–Crippen MR) is 204 cm³/mol. The summed E-state index contributed by atoms with van der Waals surface area (Å²) in [5.41, 5.74) is 3.72. The van der Waals surface area contributed by atoms with Crippen LogP contribution in [-0.2, 0) is 15.3 Å². The van der Waals surface area contributed by atoms with Gasteiger partial charge in [-0.15, -0.1) is 0 Å². The van der Waals surface area contributed by atoms with Crippen LogP contribution in [0.4, 0.5) is 0 Å². The first-order valence-corrected chi connectivity index (χ1v) is 24.5. The molecule has 0 unspecified atom stereocenters. The van der Waals surface area contributed by atoms with Gasteiger partial charge in [-0.05, 0) is 129 Å². The van der Waals surface area contributed by atoms with E-state index in [1.54, 1.807) is 5.57 Å². The van der Waals surface area contributed by atoms with E-state index in [1.807, 2.05) is 13.8 Å². The van der Waals surface area contributed by atoms with Gasteiger partial charge in [0.25, 0.3) is 0 Å². The first kappa shape index (κ1) is 38.6. The second-order valence-corrected chi connectivity index (χ2v) is 25.9. The average Bonchev–Trinajstić information content (AvgIpc) is 3.66. The Bertz CT molecular complexity index is 1230. The summed E-state index contributed by atoms with van der Waals surface area (Å²) in [6.07, 6.45) is 14.0.